The van der Waals surface area contributed by atoms with Gasteiger partial charge in [0.25, 0.3) is 0 Å². The van der Waals surface area contributed by atoms with E-state index in [9.17, 15) is 4.79 Å². The summed E-state index contributed by atoms with van der Waals surface area (Å²) < 4.78 is 0. The molecule has 4 rings (SSSR count). The third-order valence-electron chi connectivity index (χ3n) is 5.23. The van der Waals surface area contributed by atoms with Gasteiger partial charge in [-0.1, -0.05) is 12.2 Å². The van der Waals surface area contributed by atoms with E-state index in [0.29, 0.717) is 18.1 Å². The second-order valence-corrected chi connectivity index (χ2v) is 6.95. The van der Waals surface area contributed by atoms with Gasteiger partial charge >= 0.3 is 0 Å². The summed E-state index contributed by atoms with van der Waals surface area (Å²) in [5.74, 6) is 3.40. The smallest absolute Gasteiger partial charge is 0.143 e. The van der Waals surface area contributed by atoms with E-state index in [-0.39, 0.29) is 5.41 Å². The molecule has 0 aliphatic heterocycles. The van der Waals surface area contributed by atoms with Crippen molar-refractivity contribution < 1.29 is 4.79 Å². The Morgan fingerprint density at radius 3 is 2.00 bits per heavy atom. The number of halogens is 1. The molecule has 1 nitrogen and oxygen atoms in total. The molecule has 0 aromatic carbocycles. The van der Waals surface area contributed by atoms with Gasteiger partial charge in [-0.2, -0.15) is 0 Å². The fraction of sp³-hybridized carbons (Fsp3) is 0.800. The predicted octanol–water partition coefficient (Wildman–Crippen LogP) is 3.96. The lowest BCUT2D eigenvalue weighted by atomic mass is 9.48. The van der Waals surface area contributed by atoms with E-state index in [0.717, 1.165) is 42.6 Å². The quantitative estimate of drug-likeness (QED) is 0.547. The van der Waals surface area contributed by atoms with Crippen molar-refractivity contribution in [1.29, 1.82) is 0 Å². The van der Waals surface area contributed by atoms with Crippen molar-refractivity contribution in [3.8, 4) is 0 Å². The number of rotatable bonds is 4. The van der Waals surface area contributed by atoms with Crippen molar-refractivity contribution in [3.63, 3.8) is 0 Å². The molecular formula is C15H21ClO. The van der Waals surface area contributed by atoms with Crippen LogP contribution in [0.25, 0.3) is 0 Å². The summed E-state index contributed by atoms with van der Waals surface area (Å²) in [7, 11) is 0. The van der Waals surface area contributed by atoms with Crippen LogP contribution in [0.5, 0.6) is 0 Å². The zero-order valence-electron chi connectivity index (χ0n) is 10.4. The lowest BCUT2D eigenvalue weighted by Gasteiger charge is -2.56. The molecule has 94 valence electrons. The van der Waals surface area contributed by atoms with Gasteiger partial charge in [0.2, 0.25) is 0 Å². The molecule has 4 fully saturated rings. The van der Waals surface area contributed by atoms with Gasteiger partial charge in [-0.05, 0) is 56.3 Å². The zero-order chi connectivity index (χ0) is 12.0. The van der Waals surface area contributed by atoms with Gasteiger partial charge in [0.1, 0.15) is 5.78 Å². The Morgan fingerprint density at radius 1 is 1.12 bits per heavy atom. The molecule has 0 unspecified atom stereocenters. The Morgan fingerprint density at radius 2 is 1.59 bits per heavy atom. The summed E-state index contributed by atoms with van der Waals surface area (Å²) in [4.78, 5) is 12.5. The van der Waals surface area contributed by atoms with Crippen molar-refractivity contribution >= 4 is 17.4 Å². The summed E-state index contributed by atoms with van der Waals surface area (Å²) in [6, 6.07) is 0. The maximum Gasteiger partial charge on any atom is 0.143 e. The van der Waals surface area contributed by atoms with Crippen LogP contribution >= 0.6 is 11.6 Å². The average molecular weight is 253 g/mol. The van der Waals surface area contributed by atoms with Gasteiger partial charge in [0.05, 0.1) is 0 Å². The lowest BCUT2D eigenvalue weighted by molar-refractivity contribution is -0.143. The molecule has 4 aliphatic rings. The van der Waals surface area contributed by atoms with Crippen LogP contribution in [0.2, 0.25) is 0 Å². The average Bonchev–Trinajstić information content (AvgIpc) is 2.26. The molecule has 2 heteroatoms. The monoisotopic (exact) mass is 252 g/mol. The molecule has 0 atom stereocenters. The van der Waals surface area contributed by atoms with Crippen LogP contribution in [-0.2, 0) is 4.79 Å². The van der Waals surface area contributed by atoms with E-state index in [1.807, 2.05) is 0 Å². The molecule has 0 aromatic rings. The number of hydrogen-bond donors (Lipinski definition) is 0. The molecule has 4 aliphatic carbocycles. The highest BCUT2D eigenvalue weighted by molar-refractivity contribution is 6.19. The Balaban J connectivity index is 1.77. The summed E-state index contributed by atoms with van der Waals surface area (Å²) in [5.41, 5.74) is 0.927. The van der Waals surface area contributed by atoms with Gasteiger partial charge in [-0.15, -0.1) is 11.6 Å². The zero-order valence-corrected chi connectivity index (χ0v) is 11.1. The van der Waals surface area contributed by atoms with Gasteiger partial charge in [-0.25, -0.2) is 0 Å². The summed E-state index contributed by atoms with van der Waals surface area (Å²) in [6.45, 7) is 3.89. The fourth-order valence-electron chi connectivity index (χ4n) is 4.91. The SMILES string of the molecule is C=C(CCl)CC(=O)C12CC3CC(CC(C3)C1)C2. The van der Waals surface area contributed by atoms with Gasteiger partial charge in [0, 0.05) is 17.7 Å². The molecule has 4 saturated carbocycles. The first kappa shape index (κ1) is 11.8. The highest BCUT2D eigenvalue weighted by Crippen LogP contribution is 2.60. The van der Waals surface area contributed by atoms with Crippen molar-refractivity contribution in [2.24, 2.45) is 23.2 Å². The second kappa shape index (κ2) is 4.12. The van der Waals surface area contributed by atoms with Crippen LogP contribution in [0.4, 0.5) is 0 Å². The molecule has 0 amide bonds. The molecule has 0 spiro atoms. The van der Waals surface area contributed by atoms with E-state index in [4.69, 9.17) is 11.6 Å². The van der Waals surface area contributed by atoms with Crippen LogP contribution in [0.1, 0.15) is 44.9 Å². The molecule has 4 bridgehead atoms. The standard InChI is InChI=1S/C15H21ClO/c1-10(9-16)2-14(17)15-6-11-3-12(7-15)5-13(4-11)8-15/h11-13H,1-9H2. The van der Waals surface area contributed by atoms with Crippen molar-refractivity contribution in [2.45, 2.75) is 44.9 Å². The third-order valence-corrected chi connectivity index (χ3v) is 5.61. The van der Waals surface area contributed by atoms with Crippen molar-refractivity contribution in [3.05, 3.63) is 12.2 Å². The van der Waals surface area contributed by atoms with Gasteiger partial charge < -0.3 is 0 Å². The summed E-state index contributed by atoms with van der Waals surface area (Å²) in [6.07, 6.45) is 8.18. The highest BCUT2D eigenvalue weighted by atomic mass is 35.5. The van der Waals surface area contributed by atoms with Crippen LogP contribution in [0, 0.1) is 23.2 Å². The van der Waals surface area contributed by atoms with E-state index < -0.39 is 0 Å². The number of hydrogen-bond acceptors (Lipinski definition) is 1. The van der Waals surface area contributed by atoms with Gasteiger partial charge in [0.15, 0.2) is 0 Å². The summed E-state index contributed by atoms with van der Waals surface area (Å²) in [5, 5.41) is 0. The minimum atomic E-state index is 0.0315. The maximum absolute atomic E-state index is 12.5. The second-order valence-electron chi connectivity index (χ2n) is 6.68. The minimum absolute atomic E-state index is 0.0315. The minimum Gasteiger partial charge on any atom is -0.299 e. The van der Waals surface area contributed by atoms with Crippen LogP contribution in [0.15, 0.2) is 12.2 Å². The van der Waals surface area contributed by atoms with Crippen molar-refractivity contribution in [1.82, 2.24) is 0 Å². The fourth-order valence-corrected chi connectivity index (χ4v) is 5.01. The molecule has 0 saturated heterocycles. The van der Waals surface area contributed by atoms with Crippen molar-refractivity contribution in [2.75, 3.05) is 5.88 Å². The first-order chi connectivity index (χ1) is 8.11. The molecule has 0 aromatic heterocycles. The van der Waals surface area contributed by atoms with E-state index in [1.54, 1.807) is 0 Å². The molecule has 0 radical (unpaired) electrons. The number of Topliss-reactive ketones (excluding diaryl/α,β-unsaturated/α-hetero) is 1. The third kappa shape index (κ3) is 1.97. The topological polar surface area (TPSA) is 17.1 Å². The molecule has 17 heavy (non-hydrogen) atoms. The van der Waals surface area contributed by atoms with Crippen LogP contribution in [-0.4, -0.2) is 11.7 Å². The van der Waals surface area contributed by atoms with E-state index in [1.165, 1.54) is 19.3 Å². The Hall–Kier alpha value is -0.300. The first-order valence-corrected chi connectivity index (χ1v) is 7.41. The predicted molar refractivity (Wildman–Crippen MR) is 70.1 cm³/mol. The Kier molecular flexibility index (Phi) is 2.85. The number of allylic oxidation sites excluding steroid dienone is 1. The van der Waals surface area contributed by atoms with Gasteiger partial charge in [-0.3, -0.25) is 4.79 Å². The Bertz CT molecular complexity index is 323. The summed E-state index contributed by atoms with van der Waals surface area (Å²) >= 11 is 5.75. The molecule has 0 N–H and O–H groups in total. The largest absolute Gasteiger partial charge is 0.299 e. The first-order valence-electron chi connectivity index (χ1n) is 6.87. The van der Waals surface area contributed by atoms with Crippen LogP contribution < -0.4 is 0 Å². The maximum atomic E-state index is 12.5. The van der Waals surface area contributed by atoms with E-state index >= 15 is 0 Å². The highest BCUT2D eigenvalue weighted by Gasteiger charge is 2.53. The number of alkyl halides is 1. The lowest BCUT2D eigenvalue weighted by Crippen LogP contribution is -2.50. The molecule has 0 heterocycles. The number of ketones is 1. The molecular weight excluding hydrogens is 232 g/mol. The normalized spacial score (nSPS) is 42.8. The Labute approximate surface area is 109 Å². The number of carbonyl (C=O) groups excluding carboxylic acids is 1. The number of carbonyl (C=O) groups is 1. The van der Waals surface area contributed by atoms with Crippen LogP contribution in [0.3, 0.4) is 0 Å². The van der Waals surface area contributed by atoms with E-state index in [2.05, 4.69) is 6.58 Å².